The molecule has 0 spiro atoms. The third-order valence-electron chi connectivity index (χ3n) is 5.78. The summed E-state index contributed by atoms with van der Waals surface area (Å²) in [4.78, 5) is 0. The summed E-state index contributed by atoms with van der Waals surface area (Å²) in [5, 5.41) is 0. The van der Waals surface area contributed by atoms with E-state index in [4.69, 9.17) is 20.9 Å². The SMILES string of the molecule is CC(CCN)COc1c(Br)cc(C(C)(C)c2cc(Br)c(OCC(C)CCN)c(Br)c2)cc1Br. The Bertz CT molecular complexity index is 817. The van der Waals surface area contributed by atoms with Crippen molar-refractivity contribution in [2.75, 3.05) is 26.3 Å². The minimum atomic E-state index is -0.257. The third kappa shape index (κ3) is 7.94. The largest absolute Gasteiger partial charge is 0.491 e. The van der Waals surface area contributed by atoms with Gasteiger partial charge in [-0.15, -0.1) is 0 Å². The Kier molecular flexibility index (Phi) is 11.7. The van der Waals surface area contributed by atoms with Crippen molar-refractivity contribution in [1.82, 2.24) is 0 Å². The van der Waals surface area contributed by atoms with E-state index in [9.17, 15) is 0 Å². The predicted molar refractivity (Wildman–Crippen MR) is 152 cm³/mol. The number of ether oxygens (including phenoxy) is 2. The molecule has 2 rings (SSSR count). The highest BCUT2D eigenvalue weighted by Crippen LogP contribution is 2.44. The van der Waals surface area contributed by atoms with Gasteiger partial charge in [0.25, 0.3) is 0 Å². The van der Waals surface area contributed by atoms with Crippen LogP contribution in [-0.4, -0.2) is 26.3 Å². The van der Waals surface area contributed by atoms with Crippen LogP contribution in [-0.2, 0) is 5.41 Å². The van der Waals surface area contributed by atoms with Gasteiger partial charge in [-0.05, 0) is 137 Å². The fourth-order valence-electron chi connectivity index (χ4n) is 3.47. The Hall–Kier alpha value is -0.120. The standard InChI is InChI=1S/C25H34Br4N2O2/c1-15(5-7-30)13-32-23-19(26)9-17(10-20(23)27)25(3,4)18-11-21(28)24(22(29)12-18)33-14-16(2)6-8-31/h9-12,15-16H,5-8,13-14,30-31H2,1-4H3. The summed E-state index contributed by atoms with van der Waals surface area (Å²) in [5.74, 6) is 2.43. The number of halogens is 4. The first-order valence-electron chi connectivity index (χ1n) is 11.2. The maximum Gasteiger partial charge on any atom is 0.147 e. The molecule has 184 valence electrons. The van der Waals surface area contributed by atoms with Gasteiger partial charge < -0.3 is 20.9 Å². The van der Waals surface area contributed by atoms with Crippen molar-refractivity contribution >= 4 is 63.7 Å². The van der Waals surface area contributed by atoms with Crippen molar-refractivity contribution in [2.45, 2.75) is 46.0 Å². The molecule has 0 amide bonds. The molecule has 0 fully saturated rings. The molecule has 0 aromatic heterocycles. The lowest BCUT2D eigenvalue weighted by atomic mass is 9.78. The van der Waals surface area contributed by atoms with Crippen LogP contribution in [0.4, 0.5) is 0 Å². The summed E-state index contributed by atoms with van der Waals surface area (Å²) in [6.45, 7) is 11.3. The van der Waals surface area contributed by atoms with E-state index in [0.717, 1.165) is 53.4 Å². The molecule has 0 aliphatic rings. The first-order chi connectivity index (χ1) is 15.5. The van der Waals surface area contributed by atoms with Crippen LogP contribution in [0.2, 0.25) is 0 Å². The number of nitrogens with two attached hydrogens (primary N) is 2. The molecule has 0 saturated carbocycles. The van der Waals surface area contributed by atoms with Gasteiger partial charge in [0.2, 0.25) is 0 Å². The zero-order valence-corrected chi connectivity index (χ0v) is 26.0. The maximum atomic E-state index is 6.08. The normalized spacial score (nSPS) is 13.6. The summed E-state index contributed by atoms with van der Waals surface area (Å²) in [6.07, 6.45) is 1.88. The van der Waals surface area contributed by atoms with E-state index in [1.54, 1.807) is 0 Å². The fraction of sp³-hybridized carbons (Fsp3) is 0.520. The number of hydrogen-bond acceptors (Lipinski definition) is 4. The Balaban J connectivity index is 2.28. The Morgan fingerprint density at radius 1 is 0.697 bits per heavy atom. The third-order valence-corrected chi connectivity index (χ3v) is 8.14. The van der Waals surface area contributed by atoms with Gasteiger partial charge >= 0.3 is 0 Å². The molecule has 0 saturated heterocycles. The van der Waals surface area contributed by atoms with Crippen molar-refractivity contribution < 1.29 is 9.47 Å². The first-order valence-corrected chi connectivity index (χ1v) is 14.3. The van der Waals surface area contributed by atoms with E-state index < -0.39 is 0 Å². The van der Waals surface area contributed by atoms with Crippen LogP contribution in [0, 0.1) is 11.8 Å². The summed E-state index contributed by atoms with van der Waals surface area (Å²) < 4.78 is 15.9. The van der Waals surface area contributed by atoms with Gasteiger partial charge in [0.15, 0.2) is 0 Å². The van der Waals surface area contributed by atoms with Crippen LogP contribution < -0.4 is 20.9 Å². The van der Waals surface area contributed by atoms with Crippen LogP contribution in [0.25, 0.3) is 0 Å². The average molecular weight is 714 g/mol. The van der Waals surface area contributed by atoms with E-state index in [1.165, 1.54) is 0 Å². The van der Waals surface area contributed by atoms with E-state index in [2.05, 4.69) is 116 Å². The molecular weight excluding hydrogens is 680 g/mol. The van der Waals surface area contributed by atoms with E-state index >= 15 is 0 Å². The molecule has 8 heteroatoms. The lowest BCUT2D eigenvalue weighted by Crippen LogP contribution is -2.20. The first kappa shape index (κ1) is 29.1. The predicted octanol–water partition coefficient (Wildman–Crippen LogP) is 7.79. The van der Waals surface area contributed by atoms with E-state index in [1.807, 2.05) is 0 Å². The lowest BCUT2D eigenvalue weighted by molar-refractivity contribution is 0.251. The van der Waals surface area contributed by atoms with E-state index in [-0.39, 0.29) is 5.41 Å². The van der Waals surface area contributed by atoms with Crippen molar-refractivity contribution in [3.05, 3.63) is 53.3 Å². The molecule has 2 aromatic carbocycles. The van der Waals surface area contributed by atoms with Gasteiger partial charge in [-0.2, -0.15) is 0 Å². The Morgan fingerprint density at radius 3 is 1.27 bits per heavy atom. The topological polar surface area (TPSA) is 70.5 Å². The zero-order valence-electron chi connectivity index (χ0n) is 19.7. The summed E-state index contributed by atoms with van der Waals surface area (Å²) >= 11 is 14.8. The average Bonchev–Trinajstić information content (AvgIpc) is 2.72. The maximum absolute atomic E-state index is 6.08. The molecule has 0 radical (unpaired) electrons. The molecular formula is C25H34Br4N2O2. The quantitative estimate of drug-likeness (QED) is 0.236. The number of rotatable bonds is 12. The summed E-state index contributed by atoms with van der Waals surface area (Å²) in [7, 11) is 0. The molecule has 4 nitrogen and oxygen atoms in total. The van der Waals surface area contributed by atoms with Crippen molar-refractivity contribution in [3.63, 3.8) is 0 Å². The molecule has 0 aliphatic carbocycles. The highest BCUT2D eigenvalue weighted by atomic mass is 79.9. The van der Waals surface area contributed by atoms with Gasteiger partial charge in [-0.25, -0.2) is 0 Å². The van der Waals surface area contributed by atoms with Gasteiger partial charge in [0.1, 0.15) is 11.5 Å². The highest BCUT2D eigenvalue weighted by molar-refractivity contribution is 9.11. The Labute approximate surface area is 232 Å². The van der Waals surface area contributed by atoms with Crippen LogP contribution in [0.1, 0.15) is 51.7 Å². The van der Waals surface area contributed by atoms with Gasteiger partial charge in [-0.3, -0.25) is 0 Å². The second-order valence-electron chi connectivity index (χ2n) is 9.15. The van der Waals surface area contributed by atoms with Gasteiger partial charge in [0, 0.05) is 5.41 Å². The molecule has 33 heavy (non-hydrogen) atoms. The molecule has 2 unspecified atom stereocenters. The minimum Gasteiger partial charge on any atom is -0.491 e. The van der Waals surface area contributed by atoms with Crippen LogP contribution in [0.5, 0.6) is 11.5 Å². The lowest BCUT2D eigenvalue weighted by Gasteiger charge is -2.28. The van der Waals surface area contributed by atoms with Crippen LogP contribution in [0.3, 0.4) is 0 Å². The second kappa shape index (κ2) is 13.3. The van der Waals surface area contributed by atoms with Crippen molar-refractivity contribution in [3.8, 4) is 11.5 Å². The molecule has 4 N–H and O–H groups in total. The Morgan fingerprint density at radius 2 is 1.00 bits per heavy atom. The molecule has 2 aromatic rings. The summed E-state index contributed by atoms with van der Waals surface area (Å²) in [5.41, 5.74) is 13.4. The van der Waals surface area contributed by atoms with Crippen LogP contribution >= 0.6 is 63.7 Å². The minimum absolute atomic E-state index is 0.257. The highest BCUT2D eigenvalue weighted by Gasteiger charge is 2.27. The van der Waals surface area contributed by atoms with Gasteiger partial charge in [0.05, 0.1) is 31.1 Å². The van der Waals surface area contributed by atoms with E-state index in [0.29, 0.717) is 38.1 Å². The fourth-order valence-corrected chi connectivity index (χ4v) is 6.30. The zero-order chi connectivity index (χ0) is 24.8. The van der Waals surface area contributed by atoms with Crippen molar-refractivity contribution in [1.29, 1.82) is 0 Å². The second-order valence-corrected chi connectivity index (χ2v) is 12.6. The van der Waals surface area contributed by atoms with Gasteiger partial charge in [-0.1, -0.05) is 27.7 Å². The molecule has 2 atom stereocenters. The number of hydrogen-bond donors (Lipinski definition) is 2. The molecule has 0 bridgehead atoms. The van der Waals surface area contributed by atoms with Crippen LogP contribution in [0.15, 0.2) is 42.2 Å². The molecule has 0 aliphatic heterocycles. The molecule has 0 heterocycles. The monoisotopic (exact) mass is 710 g/mol. The number of benzene rings is 2. The summed E-state index contributed by atoms with van der Waals surface area (Å²) in [6, 6.07) is 8.53. The smallest absolute Gasteiger partial charge is 0.147 e. The van der Waals surface area contributed by atoms with Crippen molar-refractivity contribution in [2.24, 2.45) is 23.3 Å².